The van der Waals surface area contributed by atoms with Crippen molar-refractivity contribution in [2.24, 2.45) is 0 Å². The van der Waals surface area contributed by atoms with Gasteiger partial charge in [0, 0.05) is 28.7 Å². The summed E-state index contributed by atoms with van der Waals surface area (Å²) in [5, 5.41) is 5.03. The van der Waals surface area contributed by atoms with E-state index >= 15 is 0 Å². The third-order valence-corrected chi connectivity index (χ3v) is 2.64. The minimum atomic E-state index is 0.330. The molecule has 0 fully saturated rings. The van der Waals surface area contributed by atoms with Crippen LogP contribution in [-0.2, 0) is 0 Å². The minimum absolute atomic E-state index is 0.330. The molecule has 4 heteroatoms. The van der Waals surface area contributed by atoms with Crippen molar-refractivity contribution in [2.75, 3.05) is 5.73 Å². The second-order valence-electron chi connectivity index (χ2n) is 3.87. The van der Waals surface area contributed by atoms with Crippen LogP contribution in [-0.4, -0.2) is 10.1 Å². The van der Waals surface area contributed by atoms with Crippen molar-refractivity contribution in [1.82, 2.24) is 10.1 Å². The topological polar surface area (TPSA) is 67.8 Å². The Balaban J connectivity index is 2.25. The second-order valence-corrected chi connectivity index (χ2v) is 3.87. The first-order valence-electron chi connectivity index (χ1n) is 5.04. The predicted octanol–water partition coefficient (Wildman–Crippen LogP) is 2.71. The van der Waals surface area contributed by atoms with E-state index in [1.807, 2.05) is 6.20 Å². The van der Waals surface area contributed by atoms with Crippen LogP contribution in [0.1, 0.15) is 5.56 Å². The number of nitrogens with zero attached hydrogens (tertiary/aromatic N) is 1. The lowest BCUT2D eigenvalue weighted by molar-refractivity contribution is 0.439. The van der Waals surface area contributed by atoms with E-state index in [1.165, 1.54) is 5.56 Å². The molecular formula is C12H11N3O. The van der Waals surface area contributed by atoms with E-state index in [0.29, 0.717) is 5.88 Å². The summed E-state index contributed by atoms with van der Waals surface area (Å²) in [5.41, 5.74) is 9.60. The maximum Gasteiger partial charge on any atom is 0.222 e. The molecule has 0 spiro atoms. The highest BCUT2D eigenvalue weighted by Gasteiger charge is 2.09. The Labute approximate surface area is 92.0 Å². The van der Waals surface area contributed by atoms with Gasteiger partial charge in [-0.3, -0.25) is 0 Å². The molecule has 0 aliphatic carbocycles. The van der Waals surface area contributed by atoms with E-state index in [2.05, 4.69) is 35.3 Å². The van der Waals surface area contributed by atoms with Crippen LogP contribution in [0.25, 0.3) is 22.2 Å². The quantitative estimate of drug-likeness (QED) is 0.653. The average molecular weight is 213 g/mol. The lowest BCUT2D eigenvalue weighted by Crippen LogP contribution is -1.76. The van der Waals surface area contributed by atoms with E-state index in [4.69, 9.17) is 10.3 Å². The van der Waals surface area contributed by atoms with Gasteiger partial charge in [0.1, 0.15) is 5.69 Å². The Hall–Kier alpha value is -2.23. The molecule has 0 saturated heterocycles. The van der Waals surface area contributed by atoms with Crippen molar-refractivity contribution in [3.8, 4) is 11.3 Å². The van der Waals surface area contributed by atoms with Gasteiger partial charge in [0.15, 0.2) is 0 Å². The molecule has 4 nitrogen and oxygen atoms in total. The van der Waals surface area contributed by atoms with Crippen LogP contribution in [0.2, 0.25) is 0 Å². The molecule has 0 amide bonds. The number of nitrogens with one attached hydrogen (secondary N) is 1. The molecule has 16 heavy (non-hydrogen) atoms. The molecule has 3 N–H and O–H groups in total. The van der Waals surface area contributed by atoms with Crippen LogP contribution in [0.3, 0.4) is 0 Å². The Morgan fingerprint density at radius 2 is 2.19 bits per heavy atom. The van der Waals surface area contributed by atoms with Crippen molar-refractivity contribution in [1.29, 1.82) is 0 Å². The van der Waals surface area contributed by atoms with Crippen LogP contribution in [0.4, 0.5) is 5.88 Å². The van der Waals surface area contributed by atoms with Crippen molar-refractivity contribution in [3.05, 3.63) is 36.0 Å². The van der Waals surface area contributed by atoms with E-state index in [1.54, 1.807) is 6.07 Å². The molecule has 0 unspecified atom stereocenters. The first kappa shape index (κ1) is 9.03. The van der Waals surface area contributed by atoms with Crippen LogP contribution in [0.15, 0.2) is 35.0 Å². The Kier molecular flexibility index (Phi) is 1.77. The van der Waals surface area contributed by atoms with Gasteiger partial charge in [0.25, 0.3) is 0 Å². The molecule has 0 saturated carbocycles. The molecule has 0 aliphatic heterocycles. The molecule has 0 radical (unpaired) electrons. The number of anilines is 1. The summed E-state index contributed by atoms with van der Waals surface area (Å²) < 4.78 is 4.87. The van der Waals surface area contributed by atoms with Crippen molar-refractivity contribution < 1.29 is 4.52 Å². The SMILES string of the molecule is Cc1ccc2c(-c3cc(N)on3)c[nH]c2c1. The number of hydrogen-bond acceptors (Lipinski definition) is 3. The first-order valence-corrected chi connectivity index (χ1v) is 5.04. The smallest absolute Gasteiger partial charge is 0.222 e. The Morgan fingerprint density at radius 3 is 2.94 bits per heavy atom. The summed E-state index contributed by atoms with van der Waals surface area (Å²) in [5.74, 6) is 0.330. The van der Waals surface area contributed by atoms with E-state index in [-0.39, 0.29) is 0 Å². The number of aromatic amines is 1. The van der Waals surface area contributed by atoms with Gasteiger partial charge in [-0.05, 0) is 18.6 Å². The minimum Gasteiger partial charge on any atom is -0.368 e. The number of H-pyrrole nitrogens is 1. The number of rotatable bonds is 1. The third-order valence-electron chi connectivity index (χ3n) is 2.64. The highest BCUT2D eigenvalue weighted by Crippen LogP contribution is 2.29. The summed E-state index contributed by atoms with van der Waals surface area (Å²) in [6.07, 6.45) is 1.92. The fourth-order valence-corrected chi connectivity index (χ4v) is 1.87. The largest absolute Gasteiger partial charge is 0.368 e. The van der Waals surface area contributed by atoms with Crippen LogP contribution >= 0.6 is 0 Å². The number of aryl methyl sites for hydroxylation is 1. The summed E-state index contributed by atoms with van der Waals surface area (Å²) in [6.45, 7) is 2.06. The summed E-state index contributed by atoms with van der Waals surface area (Å²) in [7, 11) is 0. The number of aromatic nitrogens is 2. The summed E-state index contributed by atoms with van der Waals surface area (Å²) in [6, 6.07) is 7.97. The van der Waals surface area contributed by atoms with Gasteiger partial charge in [-0.1, -0.05) is 17.3 Å². The summed E-state index contributed by atoms with van der Waals surface area (Å²) >= 11 is 0. The van der Waals surface area contributed by atoms with E-state index in [0.717, 1.165) is 22.2 Å². The maximum absolute atomic E-state index is 5.51. The number of hydrogen-bond donors (Lipinski definition) is 2. The normalized spacial score (nSPS) is 11.1. The zero-order valence-corrected chi connectivity index (χ0v) is 8.82. The monoisotopic (exact) mass is 213 g/mol. The standard InChI is InChI=1S/C12H11N3O/c1-7-2-3-8-9(6-14-10(8)4-7)11-5-12(13)16-15-11/h2-6,14H,13H2,1H3. The molecule has 1 aromatic carbocycles. The van der Waals surface area contributed by atoms with Crippen LogP contribution in [0, 0.1) is 6.92 Å². The van der Waals surface area contributed by atoms with Gasteiger partial charge >= 0.3 is 0 Å². The van der Waals surface area contributed by atoms with Gasteiger partial charge in [0.2, 0.25) is 5.88 Å². The number of fused-ring (bicyclic) bond motifs is 1. The van der Waals surface area contributed by atoms with Gasteiger partial charge in [-0.25, -0.2) is 0 Å². The highest BCUT2D eigenvalue weighted by molar-refractivity contribution is 5.95. The van der Waals surface area contributed by atoms with E-state index in [9.17, 15) is 0 Å². The fourth-order valence-electron chi connectivity index (χ4n) is 1.87. The van der Waals surface area contributed by atoms with Crippen molar-refractivity contribution in [2.45, 2.75) is 6.92 Å². The molecule has 2 aromatic heterocycles. The average Bonchev–Trinajstić information content (AvgIpc) is 2.83. The van der Waals surface area contributed by atoms with Crippen LogP contribution in [0.5, 0.6) is 0 Å². The first-order chi connectivity index (χ1) is 7.74. The maximum atomic E-state index is 5.51. The predicted molar refractivity (Wildman–Crippen MR) is 62.9 cm³/mol. The second kappa shape index (κ2) is 3.13. The molecule has 3 rings (SSSR count). The Morgan fingerprint density at radius 1 is 1.31 bits per heavy atom. The van der Waals surface area contributed by atoms with E-state index < -0.39 is 0 Å². The van der Waals surface area contributed by atoms with Crippen molar-refractivity contribution >= 4 is 16.8 Å². The molecule has 0 bridgehead atoms. The lowest BCUT2D eigenvalue weighted by atomic mass is 10.1. The highest BCUT2D eigenvalue weighted by atomic mass is 16.5. The van der Waals surface area contributed by atoms with Gasteiger partial charge < -0.3 is 15.2 Å². The zero-order chi connectivity index (χ0) is 11.1. The number of nitrogens with two attached hydrogens (primary N) is 1. The third kappa shape index (κ3) is 1.27. The van der Waals surface area contributed by atoms with Gasteiger partial charge in [-0.15, -0.1) is 0 Å². The van der Waals surface area contributed by atoms with Crippen LogP contribution < -0.4 is 5.73 Å². The summed E-state index contributed by atoms with van der Waals surface area (Å²) in [4.78, 5) is 3.21. The Bertz CT molecular complexity index is 651. The zero-order valence-electron chi connectivity index (χ0n) is 8.82. The molecule has 80 valence electrons. The number of benzene rings is 1. The molecule has 2 heterocycles. The number of nitrogen functional groups attached to an aromatic ring is 1. The van der Waals surface area contributed by atoms with Crippen molar-refractivity contribution in [3.63, 3.8) is 0 Å². The molecule has 3 aromatic rings. The van der Waals surface area contributed by atoms with Gasteiger partial charge in [0.05, 0.1) is 0 Å². The molecule has 0 atom stereocenters. The fraction of sp³-hybridized carbons (Fsp3) is 0.0833. The molecular weight excluding hydrogens is 202 g/mol. The molecule has 0 aliphatic rings. The van der Waals surface area contributed by atoms with Gasteiger partial charge in [-0.2, -0.15) is 0 Å². The lowest BCUT2D eigenvalue weighted by Gasteiger charge is -1.94.